The summed E-state index contributed by atoms with van der Waals surface area (Å²) in [7, 11) is 0. The number of rotatable bonds is 2. The summed E-state index contributed by atoms with van der Waals surface area (Å²) >= 11 is 0. The molecule has 2 saturated carbocycles. The lowest BCUT2D eigenvalue weighted by Crippen LogP contribution is -2.46. The van der Waals surface area contributed by atoms with Crippen LogP contribution in [0.4, 0.5) is 0 Å². The van der Waals surface area contributed by atoms with Gasteiger partial charge in [-0.1, -0.05) is 32.9 Å². The van der Waals surface area contributed by atoms with Crippen molar-refractivity contribution in [3.8, 4) is 11.5 Å². The molecule has 0 bridgehead atoms. The van der Waals surface area contributed by atoms with Crippen molar-refractivity contribution in [2.75, 3.05) is 0 Å². The number of phenols is 2. The van der Waals surface area contributed by atoms with Gasteiger partial charge in [0, 0.05) is 0 Å². The fourth-order valence-electron chi connectivity index (χ4n) is 5.21. The minimum absolute atomic E-state index is 0.229. The Bertz CT molecular complexity index is 602. The highest BCUT2D eigenvalue weighted by atomic mass is 16.3. The van der Waals surface area contributed by atoms with Crippen molar-refractivity contribution in [2.24, 2.45) is 29.1 Å². The van der Waals surface area contributed by atoms with Gasteiger partial charge in [0.1, 0.15) is 11.5 Å². The second-order valence-electron chi connectivity index (χ2n) is 8.51. The summed E-state index contributed by atoms with van der Waals surface area (Å²) in [6.07, 6.45) is 5.74. The Morgan fingerprint density at radius 1 is 1.22 bits per heavy atom. The van der Waals surface area contributed by atoms with E-state index in [0.29, 0.717) is 28.9 Å². The summed E-state index contributed by atoms with van der Waals surface area (Å²) in [6.45, 7) is 11.6. The first kappa shape index (κ1) is 16.4. The predicted octanol–water partition coefficient (Wildman–Crippen LogP) is 5.30. The van der Waals surface area contributed by atoms with Gasteiger partial charge in [-0.25, -0.2) is 0 Å². The second kappa shape index (κ2) is 5.89. The van der Waals surface area contributed by atoms with Gasteiger partial charge in [0.15, 0.2) is 0 Å². The number of phenolic OH excluding ortho intramolecular Hbond substituents is 2. The zero-order chi connectivity index (χ0) is 16.8. The third-order valence-electron chi connectivity index (χ3n) is 6.64. The van der Waals surface area contributed by atoms with Crippen LogP contribution in [0.15, 0.2) is 30.4 Å². The normalized spacial score (nSPS) is 33.3. The van der Waals surface area contributed by atoms with Crippen LogP contribution in [-0.4, -0.2) is 10.2 Å². The van der Waals surface area contributed by atoms with Crippen molar-refractivity contribution in [1.29, 1.82) is 0 Å². The highest BCUT2D eigenvalue weighted by molar-refractivity contribution is 5.39. The van der Waals surface area contributed by atoms with Gasteiger partial charge in [-0.3, -0.25) is 0 Å². The third kappa shape index (κ3) is 3.00. The lowest BCUT2D eigenvalue weighted by Gasteiger charge is -2.53. The molecular formula is C21H30O2. The van der Waals surface area contributed by atoms with Gasteiger partial charge in [0.25, 0.3) is 0 Å². The first-order valence-corrected chi connectivity index (χ1v) is 8.98. The number of hydrogen-bond donors (Lipinski definition) is 2. The molecule has 1 aromatic carbocycles. The molecule has 4 atom stereocenters. The molecule has 3 rings (SSSR count). The third-order valence-corrected chi connectivity index (χ3v) is 6.64. The maximum atomic E-state index is 10.2. The zero-order valence-corrected chi connectivity index (χ0v) is 14.7. The Kier molecular flexibility index (Phi) is 4.20. The van der Waals surface area contributed by atoms with Crippen LogP contribution in [-0.2, 0) is 6.42 Å². The molecule has 2 fully saturated rings. The number of benzene rings is 1. The Balaban J connectivity index is 1.92. The van der Waals surface area contributed by atoms with Gasteiger partial charge < -0.3 is 10.2 Å². The minimum Gasteiger partial charge on any atom is -0.508 e. The Hall–Kier alpha value is -1.44. The Morgan fingerprint density at radius 2 is 1.96 bits per heavy atom. The van der Waals surface area contributed by atoms with Gasteiger partial charge in [-0.2, -0.15) is 0 Å². The van der Waals surface area contributed by atoms with Crippen molar-refractivity contribution in [1.82, 2.24) is 0 Å². The molecule has 2 aliphatic rings. The van der Waals surface area contributed by atoms with Crippen LogP contribution in [0.2, 0.25) is 0 Å². The molecule has 2 aliphatic carbocycles. The molecule has 0 spiro atoms. The molecule has 2 heteroatoms. The van der Waals surface area contributed by atoms with Crippen LogP contribution < -0.4 is 0 Å². The van der Waals surface area contributed by atoms with Crippen LogP contribution >= 0.6 is 0 Å². The van der Waals surface area contributed by atoms with E-state index in [2.05, 4.69) is 27.4 Å². The molecule has 1 aromatic rings. The van der Waals surface area contributed by atoms with Gasteiger partial charge in [-0.15, -0.1) is 0 Å². The van der Waals surface area contributed by atoms with Gasteiger partial charge in [0.2, 0.25) is 0 Å². The maximum Gasteiger partial charge on any atom is 0.119 e. The number of hydrogen-bond acceptors (Lipinski definition) is 2. The summed E-state index contributed by atoms with van der Waals surface area (Å²) in [5.41, 5.74) is 2.59. The summed E-state index contributed by atoms with van der Waals surface area (Å²) in [5, 5.41) is 19.9. The van der Waals surface area contributed by atoms with Crippen LogP contribution in [0, 0.1) is 29.1 Å². The SMILES string of the molecule is C=C1CCC2C(C1Cc1cc(O)ccc1O)[C@@H](C)CCC2(C)C. The highest BCUT2D eigenvalue weighted by Gasteiger charge is 2.48. The number of fused-ring (bicyclic) bond motifs is 1. The lowest BCUT2D eigenvalue weighted by molar-refractivity contribution is -0.0117. The molecule has 23 heavy (non-hydrogen) atoms. The standard InChI is InChI=1S/C21H30O2/c1-13-5-7-18-20(14(2)9-10-21(18,3)4)17(13)12-15-11-16(22)6-8-19(15)23/h6,8,11,14,17-18,20,22-23H,1,5,7,9-10,12H2,2-4H3/t14-,17?,18?,20?/m0/s1. The largest absolute Gasteiger partial charge is 0.508 e. The summed E-state index contributed by atoms with van der Waals surface area (Å²) in [4.78, 5) is 0. The minimum atomic E-state index is 0.229. The van der Waals surface area contributed by atoms with Crippen molar-refractivity contribution < 1.29 is 10.2 Å². The Labute approximate surface area is 140 Å². The van der Waals surface area contributed by atoms with E-state index in [9.17, 15) is 10.2 Å². The molecule has 0 heterocycles. The van der Waals surface area contributed by atoms with Crippen LogP contribution in [0.1, 0.15) is 52.0 Å². The maximum absolute atomic E-state index is 10.2. The van der Waals surface area contributed by atoms with Gasteiger partial charge in [-0.05, 0) is 85.0 Å². The van der Waals surface area contributed by atoms with Crippen molar-refractivity contribution in [2.45, 2.75) is 52.9 Å². The van der Waals surface area contributed by atoms with Gasteiger partial charge >= 0.3 is 0 Å². The van der Waals surface area contributed by atoms with E-state index in [0.717, 1.165) is 24.3 Å². The van der Waals surface area contributed by atoms with Crippen molar-refractivity contribution >= 4 is 0 Å². The van der Waals surface area contributed by atoms with E-state index in [4.69, 9.17) is 0 Å². The van der Waals surface area contributed by atoms with E-state index < -0.39 is 0 Å². The summed E-state index contributed by atoms with van der Waals surface area (Å²) in [5.74, 6) is 3.02. The van der Waals surface area contributed by atoms with Crippen LogP contribution in [0.5, 0.6) is 11.5 Å². The first-order chi connectivity index (χ1) is 10.8. The lowest BCUT2D eigenvalue weighted by atomic mass is 9.51. The molecule has 0 aliphatic heterocycles. The van der Waals surface area contributed by atoms with E-state index in [-0.39, 0.29) is 5.75 Å². The fraction of sp³-hybridized carbons (Fsp3) is 0.619. The van der Waals surface area contributed by atoms with E-state index in [1.807, 2.05) is 0 Å². The smallest absolute Gasteiger partial charge is 0.119 e. The predicted molar refractivity (Wildman–Crippen MR) is 94.5 cm³/mol. The summed E-state index contributed by atoms with van der Waals surface area (Å²) in [6, 6.07) is 4.86. The topological polar surface area (TPSA) is 40.5 Å². The molecule has 0 amide bonds. The van der Waals surface area contributed by atoms with E-state index in [1.165, 1.54) is 24.8 Å². The fourth-order valence-corrected chi connectivity index (χ4v) is 5.21. The van der Waals surface area contributed by atoms with Crippen molar-refractivity contribution in [3.63, 3.8) is 0 Å². The average molecular weight is 314 g/mol. The molecule has 2 nitrogen and oxygen atoms in total. The first-order valence-electron chi connectivity index (χ1n) is 8.98. The summed E-state index contributed by atoms with van der Waals surface area (Å²) < 4.78 is 0. The molecule has 0 radical (unpaired) electrons. The molecule has 126 valence electrons. The number of allylic oxidation sites excluding steroid dienone is 1. The molecule has 0 saturated heterocycles. The molecule has 0 aromatic heterocycles. The van der Waals surface area contributed by atoms with E-state index in [1.54, 1.807) is 18.2 Å². The second-order valence-corrected chi connectivity index (χ2v) is 8.51. The van der Waals surface area contributed by atoms with Gasteiger partial charge in [0.05, 0.1) is 0 Å². The van der Waals surface area contributed by atoms with Crippen LogP contribution in [0.3, 0.4) is 0 Å². The van der Waals surface area contributed by atoms with E-state index >= 15 is 0 Å². The Morgan fingerprint density at radius 3 is 2.70 bits per heavy atom. The molecule has 3 unspecified atom stereocenters. The molecular weight excluding hydrogens is 284 g/mol. The average Bonchev–Trinajstić information content (AvgIpc) is 2.49. The van der Waals surface area contributed by atoms with Crippen molar-refractivity contribution in [3.05, 3.63) is 35.9 Å². The quantitative estimate of drug-likeness (QED) is 0.575. The highest BCUT2D eigenvalue weighted by Crippen LogP contribution is 2.56. The zero-order valence-electron chi connectivity index (χ0n) is 14.7. The monoisotopic (exact) mass is 314 g/mol. The van der Waals surface area contributed by atoms with Crippen LogP contribution in [0.25, 0.3) is 0 Å². The molecule has 2 N–H and O–H groups in total. The number of aromatic hydroxyl groups is 2.